The highest BCUT2D eigenvalue weighted by atomic mass is 16.3. The number of fused-ring (bicyclic) bond motifs is 1. The molecule has 1 aliphatic heterocycles. The highest BCUT2D eigenvalue weighted by Crippen LogP contribution is 2.39. The van der Waals surface area contributed by atoms with Crippen molar-refractivity contribution in [1.82, 2.24) is 19.7 Å². The Kier molecular flexibility index (Phi) is 3.74. The summed E-state index contributed by atoms with van der Waals surface area (Å²) in [4.78, 5) is 18.0. The third-order valence-electron chi connectivity index (χ3n) is 4.80. The molecule has 0 bridgehead atoms. The van der Waals surface area contributed by atoms with Gasteiger partial charge in [0, 0.05) is 25.4 Å². The maximum Gasteiger partial charge on any atom is 0.224 e. The van der Waals surface area contributed by atoms with Crippen molar-refractivity contribution in [3.63, 3.8) is 0 Å². The molecular formula is C14H22N4O2. The third-order valence-corrected chi connectivity index (χ3v) is 4.80. The first kappa shape index (κ1) is 13.5. The van der Waals surface area contributed by atoms with E-state index in [0.717, 1.165) is 25.7 Å². The molecule has 1 N–H and O–H groups in total. The van der Waals surface area contributed by atoms with Crippen molar-refractivity contribution in [1.29, 1.82) is 0 Å². The molecule has 1 saturated carbocycles. The second-order valence-corrected chi connectivity index (χ2v) is 6.04. The van der Waals surface area contributed by atoms with Gasteiger partial charge >= 0.3 is 0 Å². The first-order valence-electron chi connectivity index (χ1n) is 7.50. The summed E-state index contributed by atoms with van der Waals surface area (Å²) in [7, 11) is 0. The first-order chi connectivity index (χ1) is 9.67. The highest BCUT2D eigenvalue weighted by molar-refractivity contribution is 5.76. The molecule has 110 valence electrons. The van der Waals surface area contributed by atoms with Gasteiger partial charge in [-0.1, -0.05) is 12.8 Å². The van der Waals surface area contributed by atoms with Crippen molar-refractivity contribution in [3.8, 4) is 0 Å². The van der Waals surface area contributed by atoms with Crippen LogP contribution in [0.2, 0.25) is 0 Å². The van der Waals surface area contributed by atoms with Gasteiger partial charge in [0.15, 0.2) is 0 Å². The zero-order valence-corrected chi connectivity index (χ0v) is 11.7. The number of aromatic nitrogens is 3. The minimum absolute atomic E-state index is 0.160. The molecule has 2 atom stereocenters. The van der Waals surface area contributed by atoms with E-state index in [-0.39, 0.29) is 11.8 Å². The van der Waals surface area contributed by atoms with Crippen molar-refractivity contribution in [2.45, 2.75) is 50.7 Å². The number of likely N-dealkylation sites (tertiary alicyclic amines) is 1. The predicted molar refractivity (Wildman–Crippen MR) is 72.7 cm³/mol. The topological polar surface area (TPSA) is 71.2 Å². The quantitative estimate of drug-likeness (QED) is 0.888. The summed E-state index contributed by atoms with van der Waals surface area (Å²) in [6.45, 7) is 1.97. The van der Waals surface area contributed by atoms with E-state index in [0.29, 0.717) is 26.1 Å². The molecule has 2 heterocycles. The van der Waals surface area contributed by atoms with E-state index in [4.69, 9.17) is 0 Å². The summed E-state index contributed by atoms with van der Waals surface area (Å²) in [6, 6.07) is 0. The van der Waals surface area contributed by atoms with Crippen molar-refractivity contribution >= 4 is 5.91 Å². The molecule has 1 saturated heterocycles. The summed E-state index contributed by atoms with van der Waals surface area (Å²) >= 11 is 0. The predicted octanol–water partition coefficient (Wildman–Crippen LogP) is 0.822. The van der Waals surface area contributed by atoms with Gasteiger partial charge < -0.3 is 10.0 Å². The van der Waals surface area contributed by atoms with Gasteiger partial charge in [-0.2, -0.15) is 5.10 Å². The minimum Gasteiger partial charge on any atom is -0.389 e. The number of hydrogen-bond acceptors (Lipinski definition) is 4. The van der Waals surface area contributed by atoms with Crippen LogP contribution in [0.5, 0.6) is 0 Å². The fraction of sp³-hybridized carbons (Fsp3) is 0.786. The minimum atomic E-state index is -0.513. The summed E-state index contributed by atoms with van der Waals surface area (Å²) in [6.07, 6.45) is 8.53. The lowest BCUT2D eigenvalue weighted by molar-refractivity contribution is -0.143. The monoisotopic (exact) mass is 278 g/mol. The van der Waals surface area contributed by atoms with Crippen LogP contribution < -0.4 is 0 Å². The molecule has 1 amide bonds. The molecule has 6 heteroatoms. The lowest BCUT2D eigenvalue weighted by atomic mass is 9.71. The second-order valence-electron chi connectivity index (χ2n) is 6.04. The SMILES string of the molecule is O=C(CCn1cncn1)N1CC[C@@]2(O)CCCC[C@H]2C1. The number of carbonyl (C=O) groups excluding carboxylic acids is 1. The Morgan fingerprint density at radius 3 is 3.10 bits per heavy atom. The Bertz CT molecular complexity index is 462. The Balaban J connectivity index is 1.54. The van der Waals surface area contributed by atoms with E-state index < -0.39 is 5.60 Å². The number of piperidine rings is 1. The lowest BCUT2D eigenvalue weighted by Crippen LogP contribution is -2.54. The molecule has 2 aliphatic rings. The average molecular weight is 278 g/mol. The summed E-state index contributed by atoms with van der Waals surface area (Å²) in [5.41, 5.74) is -0.513. The van der Waals surface area contributed by atoms with Gasteiger partial charge in [0.1, 0.15) is 12.7 Å². The highest BCUT2D eigenvalue weighted by Gasteiger charge is 2.43. The third kappa shape index (κ3) is 2.70. The maximum absolute atomic E-state index is 12.3. The molecule has 6 nitrogen and oxygen atoms in total. The van der Waals surface area contributed by atoms with Crippen molar-refractivity contribution in [2.24, 2.45) is 5.92 Å². The van der Waals surface area contributed by atoms with Crippen LogP contribution in [0.15, 0.2) is 12.7 Å². The molecule has 0 aromatic carbocycles. The number of hydrogen-bond donors (Lipinski definition) is 1. The zero-order chi connectivity index (χ0) is 14.0. The van der Waals surface area contributed by atoms with Crippen molar-refractivity contribution < 1.29 is 9.90 Å². The molecule has 20 heavy (non-hydrogen) atoms. The normalized spacial score (nSPS) is 30.1. The number of rotatable bonds is 3. The van der Waals surface area contributed by atoms with Gasteiger partial charge in [-0.05, 0) is 19.3 Å². The summed E-state index contributed by atoms with van der Waals surface area (Å²) < 4.78 is 1.68. The molecule has 0 radical (unpaired) electrons. The molecule has 1 aliphatic carbocycles. The number of aliphatic hydroxyl groups is 1. The molecule has 0 unspecified atom stereocenters. The maximum atomic E-state index is 12.3. The number of aryl methyl sites for hydroxylation is 1. The van der Waals surface area contributed by atoms with Gasteiger partial charge in [0.05, 0.1) is 12.1 Å². The zero-order valence-electron chi connectivity index (χ0n) is 11.7. The van der Waals surface area contributed by atoms with Crippen molar-refractivity contribution in [3.05, 3.63) is 12.7 Å². The van der Waals surface area contributed by atoms with Crippen LogP contribution in [-0.2, 0) is 11.3 Å². The van der Waals surface area contributed by atoms with E-state index in [2.05, 4.69) is 10.1 Å². The lowest BCUT2D eigenvalue weighted by Gasteiger charge is -2.47. The standard InChI is InChI=1S/C14H22N4O2/c19-13(4-7-18-11-15-10-16-18)17-8-6-14(20)5-2-1-3-12(14)9-17/h10-12,20H,1-9H2/t12-,14-/m0/s1. The first-order valence-corrected chi connectivity index (χ1v) is 7.50. The number of carbonyl (C=O) groups is 1. The molecular weight excluding hydrogens is 256 g/mol. The van der Waals surface area contributed by atoms with Gasteiger partial charge in [-0.3, -0.25) is 9.48 Å². The second kappa shape index (κ2) is 5.52. The van der Waals surface area contributed by atoms with Crippen LogP contribution in [0.1, 0.15) is 38.5 Å². The van der Waals surface area contributed by atoms with Gasteiger partial charge in [0.2, 0.25) is 5.91 Å². The average Bonchev–Trinajstić information content (AvgIpc) is 2.97. The van der Waals surface area contributed by atoms with Gasteiger partial charge in [-0.15, -0.1) is 0 Å². The van der Waals surface area contributed by atoms with Gasteiger partial charge in [-0.25, -0.2) is 4.98 Å². The molecule has 1 aromatic rings. The summed E-state index contributed by atoms with van der Waals surface area (Å²) in [5.74, 6) is 0.424. The van der Waals surface area contributed by atoms with E-state index in [1.807, 2.05) is 4.90 Å². The van der Waals surface area contributed by atoms with Crippen LogP contribution in [-0.4, -0.2) is 49.4 Å². The smallest absolute Gasteiger partial charge is 0.224 e. The number of nitrogens with zero attached hydrogens (tertiary/aromatic N) is 4. The molecule has 0 spiro atoms. The Morgan fingerprint density at radius 2 is 2.30 bits per heavy atom. The van der Waals surface area contributed by atoms with Crippen LogP contribution in [0.3, 0.4) is 0 Å². The Morgan fingerprint density at radius 1 is 1.40 bits per heavy atom. The largest absolute Gasteiger partial charge is 0.389 e. The van der Waals surface area contributed by atoms with E-state index in [1.165, 1.54) is 12.7 Å². The number of amides is 1. The summed E-state index contributed by atoms with van der Waals surface area (Å²) in [5, 5.41) is 14.6. The molecule has 3 rings (SSSR count). The van der Waals surface area contributed by atoms with Gasteiger partial charge in [0.25, 0.3) is 0 Å². The van der Waals surface area contributed by atoms with Crippen molar-refractivity contribution in [2.75, 3.05) is 13.1 Å². The van der Waals surface area contributed by atoms with Crippen LogP contribution in [0, 0.1) is 5.92 Å². The van der Waals surface area contributed by atoms with Crippen LogP contribution >= 0.6 is 0 Å². The van der Waals surface area contributed by atoms with E-state index >= 15 is 0 Å². The fourth-order valence-electron chi connectivity index (χ4n) is 3.51. The van der Waals surface area contributed by atoms with Crippen LogP contribution in [0.25, 0.3) is 0 Å². The van der Waals surface area contributed by atoms with E-state index in [1.54, 1.807) is 11.0 Å². The molecule has 2 fully saturated rings. The van der Waals surface area contributed by atoms with E-state index in [9.17, 15) is 9.90 Å². The molecule has 1 aromatic heterocycles. The van der Waals surface area contributed by atoms with Crippen LogP contribution in [0.4, 0.5) is 0 Å². The Hall–Kier alpha value is -1.43. The Labute approximate surface area is 118 Å². The fourth-order valence-corrected chi connectivity index (χ4v) is 3.51.